The van der Waals surface area contributed by atoms with Gasteiger partial charge in [-0.15, -0.1) is 0 Å². The lowest BCUT2D eigenvalue weighted by Crippen LogP contribution is -2.44. The largest absolute Gasteiger partial charge is 0.339 e. The number of nitrogens with two attached hydrogens (primary N) is 1. The van der Waals surface area contributed by atoms with Crippen molar-refractivity contribution >= 4 is 11.6 Å². The number of rotatable bonds is 3. The molecule has 20 heavy (non-hydrogen) atoms. The van der Waals surface area contributed by atoms with Gasteiger partial charge in [-0.1, -0.05) is 0 Å². The number of hydrogen-bond donors (Lipinski definition) is 2. The third-order valence-corrected chi connectivity index (χ3v) is 4.11. The van der Waals surface area contributed by atoms with Crippen LogP contribution in [0.3, 0.4) is 0 Å². The lowest BCUT2D eigenvalue weighted by molar-refractivity contribution is 0.0662. The first kappa shape index (κ1) is 14.8. The summed E-state index contributed by atoms with van der Waals surface area (Å²) in [5, 5.41) is 0. The molecule has 0 saturated carbocycles. The van der Waals surface area contributed by atoms with Gasteiger partial charge in [0.1, 0.15) is 0 Å². The molecule has 0 unspecified atom stereocenters. The lowest BCUT2D eigenvalue weighted by atomic mass is 10.0. The van der Waals surface area contributed by atoms with Gasteiger partial charge >= 0.3 is 0 Å². The van der Waals surface area contributed by atoms with E-state index in [4.69, 9.17) is 5.84 Å². The van der Waals surface area contributed by atoms with Crippen LogP contribution in [0.2, 0.25) is 0 Å². The Morgan fingerprint density at radius 2 is 2.00 bits per heavy atom. The first-order chi connectivity index (χ1) is 9.52. The van der Waals surface area contributed by atoms with E-state index in [9.17, 15) is 4.79 Å². The van der Waals surface area contributed by atoms with E-state index in [-0.39, 0.29) is 5.91 Å². The van der Waals surface area contributed by atoms with Crippen LogP contribution in [0.15, 0.2) is 18.2 Å². The number of nitrogen functional groups attached to an aromatic ring is 1. The molecule has 0 aliphatic carbocycles. The maximum atomic E-state index is 12.6. The third kappa shape index (κ3) is 3.11. The van der Waals surface area contributed by atoms with Crippen LogP contribution in [-0.4, -0.2) is 48.9 Å². The fourth-order valence-corrected chi connectivity index (χ4v) is 2.75. The predicted molar refractivity (Wildman–Crippen MR) is 81.6 cm³/mol. The minimum Gasteiger partial charge on any atom is -0.339 e. The summed E-state index contributed by atoms with van der Waals surface area (Å²) in [4.78, 5) is 16.8. The van der Waals surface area contributed by atoms with Gasteiger partial charge in [-0.25, -0.2) is 0 Å². The molecule has 0 aromatic heterocycles. The number of nitrogens with one attached hydrogen (secondary N) is 1. The summed E-state index contributed by atoms with van der Waals surface area (Å²) in [6.07, 6.45) is 2.08. The van der Waals surface area contributed by atoms with Gasteiger partial charge in [0, 0.05) is 30.4 Å². The highest BCUT2D eigenvalue weighted by atomic mass is 16.2. The molecule has 1 fully saturated rings. The number of aryl methyl sites for hydroxylation is 1. The summed E-state index contributed by atoms with van der Waals surface area (Å²) in [6, 6.07) is 6.18. The second-order valence-electron chi connectivity index (χ2n) is 5.66. The summed E-state index contributed by atoms with van der Waals surface area (Å²) in [5.74, 6) is 5.51. The molecule has 1 aliphatic rings. The number of carbonyl (C=O) groups is 1. The van der Waals surface area contributed by atoms with Gasteiger partial charge < -0.3 is 15.2 Å². The van der Waals surface area contributed by atoms with Crippen molar-refractivity contribution in [3.05, 3.63) is 29.3 Å². The second-order valence-corrected chi connectivity index (χ2v) is 5.66. The molecule has 5 heteroatoms. The normalized spacial score (nSPS) is 16.6. The average molecular weight is 276 g/mol. The van der Waals surface area contributed by atoms with Crippen molar-refractivity contribution in [1.29, 1.82) is 0 Å². The molecule has 5 nitrogen and oxygen atoms in total. The van der Waals surface area contributed by atoms with Crippen molar-refractivity contribution in [3.63, 3.8) is 0 Å². The predicted octanol–water partition coefficient (Wildman–Crippen LogP) is 1.45. The van der Waals surface area contributed by atoms with Crippen LogP contribution < -0.4 is 11.3 Å². The Bertz CT molecular complexity index is 479. The Morgan fingerprint density at radius 3 is 2.50 bits per heavy atom. The van der Waals surface area contributed by atoms with Gasteiger partial charge in [-0.3, -0.25) is 10.6 Å². The zero-order chi connectivity index (χ0) is 14.7. The molecule has 3 N–H and O–H groups in total. The first-order valence-electron chi connectivity index (χ1n) is 7.06. The summed E-state index contributed by atoms with van der Waals surface area (Å²) in [6.45, 7) is 3.61. The number of amides is 1. The molecular formula is C15H24N4O. The van der Waals surface area contributed by atoms with Gasteiger partial charge in [-0.05, 0) is 57.6 Å². The van der Waals surface area contributed by atoms with Gasteiger partial charge in [0.25, 0.3) is 5.91 Å². The highest BCUT2D eigenvalue weighted by Gasteiger charge is 2.25. The second kappa shape index (κ2) is 6.24. The Morgan fingerprint density at radius 1 is 1.35 bits per heavy atom. The summed E-state index contributed by atoms with van der Waals surface area (Å²) >= 11 is 0. The Labute approximate surface area is 120 Å². The number of anilines is 1. The molecule has 1 saturated heterocycles. The van der Waals surface area contributed by atoms with Crippen LogP contribution >= 0.6 is 0 Å². The zero-order valence-corrected chi connectivity index (χ0v) is 12.5. The molecule has 0 bridgehead atoms. The number of benzene rings is 1. The lowest BCUT2D eigenvalue weighted by Gasteiger charge is -2.35. The highest BCUT2D eigenvalue weighted by molar-refractivity contribution is 5.96. The Kier molecular flexibility index (Phi) is 4.62. The number of piperidine rings is 1. The van der Waals surface area contributed by atoms with Crippen molar-refractivity contribution in [2.75, 3.05) is 32.6 Å². The maximum Gasteiger partial charge on any atom is 0.254 e. The van der Waals surface area contributed by atoms with Crippen LogP contribution in [0.4, 0.5) is 5.69 Å². The zero-order valence-electron chi connectivity index (χ0n) is 12.5. The van der Waals surface area contributed by atoms with E-state index >= 15 is 0 Å². The molecular weight excluding hydrogens is 252 g/mol. The minimum atomic E-state index is 0.128. The van der Waals surface area contributed by atoms with E-state index < -0.39 is 0 Å². The van der Waals surface area contributed by atoms with Crippen LogP contribution in [0, 0.1) is 6.92 Å². The van der Waals surface area contributed by atoms with E-state index in [0.717, 1.165) is 42.7 Å². The molecule has 0 radical (unpaired) electrons. The summed E-state index contributed by atoms with van der Waals surface area (Å²) in [5.41, 5.74) is 5.15. The van der Waals surface area contributed by atoms with Gasteiger partial charge in [0.05, 0.1) is 0 Å². The minimum absolute atomic E-state index is 0.128. The van der Waals surface area contributed by atoms with E-state index in [1.165, 1.54) is 0 Å². The molecule has 0 atom stereocenters. The van der Waals surface area contributed by atoms with E-state index in [2.05, 4.69) is 24.4 Å². The molecule has 2 rings (SSSR count). The number of likely N-dealkylation sites (tertiary alicyclic amines) is 1. The van der Waals surface area contributed by atoms with Crippen molar-refractivity contribution in [3.8, 4) is 0 Å². The standard InChI is InChI=1S/C15H24N4O/c1-11-10-12(17-16)4-5-14(11)15(20)19-8-6-13(7-9-19)18(2)3/h4-5,10,13,17H,6-9,16H2,1-3H3. The van der Waals surface area contributed by atoms with E-state index in [1.54, 1.807) is 0 Å². The summed E-state index contributed by atoms with van der Waals surface area (Å²) in [7, 11) is 4.20. The fraction of sp³-hybridized carbons (Fsp3) is 0.533. The average Bonchev–Trinajstić information content (AvgIpc) is 2.46. The first-order valence-corrected chi connectivity index (χ1v) is 7.06. The van der Waals surface area contributed by atoms with E-state index in [1.807, 2.05) is 30.0 Å². The molecule has 1 aliphatic heterocycles. The Hall–Kier alpha value is -1.59. The summed E-state index contributed by atoms with van der Waals surface area (Å²) < 4.78 is 0. The SMILES string of the molecule is Cc1cc(NN)ccc1C(=O)N1CCC(N(C)C)CC1. The van der Waals surface area contributed by atoms with Crippen LogP contribution in [0.25, 0.3) is 0 Å². The van der Waals surface area contributed by atoms with Crippen LogP contribution in [0.1, 0.15) is 28.8 Å². The Balaban J connectivity index is 2.05. The van der Waals surface area contributed by atoms with Crippen molar-refractivity contribution in [1.82, 2.24) is 9.80 Å². The topological polar surface area (TPSA) is 61.6 Å². The smallest absolute Gasteiger partial charge is 0.254 e. The van der Waals surface area contributed by atoms with Crippen molar-refractivity contribution in [2.45, 2.75) is 25.8 Å². The van der Waals surface area contributed by atoms with Crippen molar-refractivity contribution in [2.24, 2.45) is 5.84 Å². The molecule has 0 spiro atoms. The van der Waals surface area contributed by atoms with Gasteiger partial charge in [-0.2, -0.15) is 0 Å². The number of carbonyl (C=O) groups excluding carboxylic acids is 1. The van der Waals surface area contributed by atoms with Gasteiger partial charge in [0.2, 0.25) is 0 Å². The van der Waals surface area contributed by atoms with Gasteiger partial charge in [0.15, 0.2) is 0 Å². The fourth-order valence-electron chi connectivity index (χ4n) is 2.75. The molecule has 1 aromatic rings. The monoisotopic (exact) mass is 276 g/mol. The molecule has 1 amide bonds. The quantitative estimate of drug-likeness (QED) is 0.648. The van der Waals surface area contributed by atoms with Crippen LogP contribution in [0.5, 0.6) is 0 Å². The van der Waals surface area contributed by atoms with Crippen LogP contribution in [-0.2, 0) is 0 Å². The number of hydrazine groups is 1. The highest BCUT2D eigenvalue weighted by Crippen LogP contribution is 2.20. The molecule has 1 heterocycles. The van der Waals surface area contributed by atoms with Crippen molar-refractivity contribution < 1.29 is 4.79 Å². The van der Waals surface area contributed by atoms with E-state index in [0.29, 0.717) is 6.04 Å². The third-order valence-electron chi connectivity index (χ3n) is 4.11. The molecule has 110 valence electrons. The maximum absolute atomic E-state index is 12.6. The molecule has 1 aromatic carbocycles. The number of nitrogens with zero attached hydrogens (tertiary/aromatic N) is 2. The number of hydrogen-bond acceptors (Lipinski definition) is 4.